The fourth-order valence-corrected chi connectivity index (χ4v) is 4.24. The van der Waals surface area contributed by atoms with Crippen LogP contribution >= 0.6 is 23.4 Å². The molecule has 0 atom stereocenters. The summed E-state index contributed by atoms with van der Waals surface area (Å²) in [5.74, 6) is 1.77. The highest BCUT2D eigenvalue weighted by molar-refractivity contribution is 7.99. The molecular weight excluding hydrogens is 366 g/mol. The molecule has 1 aromatic carbocycles. The van der Waals surface area contributed by atoms with E-state index in [-0.39, 0.29) is 0 Å². The summed E-state index contributed by atoms with van der Waals surface area (Å²) in [6.07, 6.45) is 5.10. The van der Waals surface area contributed by atoms with Gasteiger partial charge in [0.2, 0.25) is 5.95 Å². The van der Waals surface area contributed by atoms with E-state index in [0.717, 1.165) is 47.7 Å². The van der Waals surface area contributed by atoms with Crippen molar-refractivity contribution in [3.8, 4) is 5.69 Å². The zero-order chi connectivity index (χ0) is 17.8. The summed E-state index contributed by atoms with van der Waals surface area (Å²) in [5.41, 5.74) is 2.02. The van der Waals surface area contributed by atoms with E-state index < -0.39 is 0 Å². The van der Waals surface area contributed by atoms with Gasteiger partial charge in [0.05, 0.1) is 10.7 Å². The van der Waals surface area contributed by atoms with Gasteiger partial charge < -0.3 is 4.90 Å². The van der Waals surface area contributed by atoms with Crippen molar-refractivity contribution in [3.63, 3.8) is 0 Å². The minimum atomic E-state index is 0.708. The Bertz CT molecular complexity index is 861. The van der Waals surface area contributed by atoms with Crippen molar-refractivity contribution in [2.45, 2.75) is 24.4 Å². The van der Waals surface area contributed by atoms with Crippen molar-refractivity contribution in [2.75, 3.05) is 23.7 Å². The van der Waals surface area contributed by atoms with Gasteiger partial charge in [0, 0.05) is 30.7 Å². The number of benzene rings is 1. The number of aromatic nitrogens is 4. The van der Waals surface area contributed by atoms with Gasteiger partial charge in [-0.25, -0.2) is 0 Å². The summed E-state index contributed by atoms with van der Waals surface area (Å²) in [6, 6.07) is 13.9. The zero-order valence-corrected chi connectivity index (χ0v) is 16.0. The first-order valence-corrected chi connectivity index (χ1v) is 10.2. The first-order chi connectivity index (χ1) is 12.8. The highest BCUT2D eigenvalue weighted by Crippen LogP contribution is 2.31. The molecule has 0 spiro atoms. The van der Waals surface area contributed by atoms with E-state index in [4.69, 9.17) is 11.6 Å². The van der Waals surface area contributed by atoms with Gasteiger partial charge in [0.1, 0.15) is 0 Å². The van der Waals surface area contributed by atoms with Gasteiger partial charge in [0.25, 0.3) is 0 Å². The van der Waals surface area contributed by atoms with Crippen LogP contribution in [0.1, 0.15) is 18.5 Å². The summed E-state index contributed by atoms with van der Waals surface area (Å²) in [7, 11) is 0. The van der Waals surface area contributed by atoms with E-state index >= 15 is 0 Å². The van der Waals surface area contributed by atoms with Crippen LogP contribution in [-0.4, -0.2) is 38.6 Å². The first-order valence-electron chi connectivity index (χ1n) is 8.81. The van der Waals surface area contributed by atoms with E-state index in [2.05, 4.69) is 30.7 Å². The molecule has 0 radical (unpaired) electrons. The molecule has 26 heavy (non-hydrogen) atoms. The lowest BCUT2D eigenvalue weighted by molar-refractivity contribution is 0.841. The van der Waals surface area contributed by atoms with Crippen LogP contribution < -0.4 is 4.90 Å². The highest BCUT2D eigenvalue weighted by Gasteiger charge is 2.23. The average molecular weight is 386 g/mol. The average Bonchev–Trinajstić information content (AvgIpc) is 3.33. The summed E-state index contributed by atoms with van der Waals surface area (Å²) in [5, 5.41) is 10.5. The summed E-state index contributed by atoms with van der Waals surface area (Å²) in [6.45, 7) is 2.03. The third-order valence-electron chi connectivity index (χ3n) is 4.41. The van der Waals surface area contributed by atoms with Gasteiger partial charge in [-0.05, 0) is 43.5 Å². The largest absolute Gasteiger partial charge is 0.341 e. The van der Waals surface area contributed by atoms with Crippen molar-refractivity contribution in [2.24, 2.45) is 0 Å². The van der Waals surface area contributed by atoms with E-state index in [1.54, 1.807) is 11.8 Å². The van der Waals surface area contributed by atoms with E-state index in [1.807, 2.05) is 42.6 Å². The lowest BCUT2D eigenvalue weighted by atomic mass is 10.3. The number of anilines is 1. The van der Waals surface area contributed by atoms with E-state index in [1.165, 1.54) is 12.8 Å². The molecule has 0 saturated carbocycles. The fraction of sp³-hybridized carbons (Fsp3) is 0.316. The molecule has 1 fully saturated rings. The molecule has 2 aromatic heterocycles. The quantitative estimate of drug-likeness (QED) is 0.593. The van der Waals surface area contributed by atoms with Crippen LogP contribution in [0.25, 0.3) is 5.69 Å². The number of rotatable bonds is 6. The van der Waals surface area contributed by atoms with Gasteiger partial charge in [-0.2, -0.15) is 0 Å². The molecule has 0 bridgehead atoms. The number of halogens is 1. The van der Waals surface area contributed by atoms with Gasteiger partial charge >= 0.3 is 0 Å². The predicted molar refractivity (Wildman–Crippen MR) is 106 cm³/mol. The van der Waals surface area contributed by atoms with Gasteiger partial charge in [0.15, 0.2) is 5.16 Å². The number of thioether (sulfide) groups is 1. The molecule has 3 heterocycles. The maximum Gasteiger partial charge on any atom is 0.232 e. The fourth-order valence-electron chi connectivity index (χ4n) is 3.11. The molecule has 1 saturated heterocycles. The lowest BCUT2D eigenvalue weighted by Gasteiger charge is -2.19. The molecule has 0 N–H and O–H groups in total. The molecule has 0 unspecified atom stereocenters. The molecule has 134 valence electrons. The van der Waals surface area contributed by atoms with Crippen molar-refractivity contribution < 1.29 is 0 Å². The van der Waals surface area contributed by atoms with Crippen LogP contribution in [0, 0.1) is 0 Å². The molecular formula is C19H20ClN5S. The lowest BCUT2D eigenvalue weighted by Crippen LogP contribution is -2.22. The summed E-state index contributed by atoms with van der Waals surface area (Å²) in [4.78, 5) is 6.68. The number of aryl methyl sites for hydroxylation is 1. The molecule has 4 rings (SSSR count). The standard InChI is InChI=1S/C19H20ClN5S/c20-16-8-1-2-9-17(16)25-18(24-12-5-6-13-24)22-23-19(25)26-14-10-15-7-3-4-11-21-15/h1-4,7-9,11H,5-6,10,12-14H2. The van der Waals surface area contributed by atoms with Gasteiger partial charge in [-0.1, -0.05) is 41.6 Å². The van der Waals surface area contributed by atoms with Crippen molar-refractivity contribution in [1.29, 1.82) is 0 Å². The van der Waals surface area contributed by atoms with Crippen LogP contribution in [0.3, 0.4) is 0 Å². The van der Waals surface area contributed by atoms with Crippen molar-refractivity contribution in [3.05, 3.63) is 59.4 Å². The second kappa shape index (κ2) is 8.10. The van der Waals surface area contributed by atoms with Crippen LogP contribution in [0.15, 0.2) is 53.8 Å². The number of hydrogen-bond acceptors (Lipinski definition) is 5. The molecule has 1 aliphatic heterocycles. The molecule has 1 aliphatic rings. The second-order valence-corrected chi connectivity index (χ2v) is 7.65. The third kappa shape index (κ3) is 3.71. The molecule has 7 heteroatoms. The maximum atomic E-state index is 6.48. The first kappa shape index (κ1) is 17.4. The minimum absolute atomic E-state index is 0.708. The van der Waals surface area contributed by atoms with Crippen LogP contribution in [0.4, 0.5) is 5.95 Å². The van der Waals surface area contributed by atoms with Crippen LogP contribution in [0.2, 0.25) is 5.02 Å². The summed E-state index contributed by atoms with van der Waals surface area (Å²) >= 11 is 8.17. The summed E-state index contributed by atoms with van der Waals surface area (Å²) < 4.78 is 2.09. The van der Waals surface area contributed by atoms with Crippen LogP contribution in [0.5, 0.6) is 0 Å². The smallest absolute Gasteiger partial charge is 0.232 e. The van der Waals surface area contributed by atoms with Crippen LogP contribution in [-0.2, 0) is 6.42 Å². The minimum Gasteiger partial charge on any atom is -0.341 e. The number of para-hydroxylation sites is 1. The zero-order valence-electron chi connectivity index (χ0n) is 14.4. The second-order valence-electron chi connectivity index (χ2n) is 6.18. The Kier molecular flexibility index (Phi) is 5.41. The number of pyridine rings is 1. The Hall–Kier alpha value is -2.05. The highest BCUT2D eigenvalue weighted by atomic mass is 35.5. The monoisotopic (exact) mass is 385 g/mol. The molecule has 3 aromatic rings. The Balaban J connectivity index is 1.60. The number of nitrogens with zero attached hydrogens (tertiary/aromatic N) is 5. The molecule has 0 amide bonds. The Morgan fingerprint density at radius 1 is 1.00 bits per heavy atom. The molecule has 0 aliphatic carbocycles. The van der Waals surface area contributed by atoms with E-state index in [0.29, 0.717) is 5.02 Å². The Morgan fingerprint density at radius 2 is 1.81 bits per heavy atom. The SMILES string of the molecule is Clc1ccccc1-n1c(SCCc2ccccn2)nnc1N1CCCC1. The normalized spacial score (nSPS) is 14.1. The van der Waals surface area contributed by atoms with Gasteiger partial charge in [-0.15, -0.1) is 10.2 Å². The predicted octanol–water partition coefficient (Wildman–Crippen LogP) is 4.25. The van der Waals surface area contributed by atoms with Crippen molar-refractivity contribution in [1.82, 2.24) is 19.7 Å². The van der Waals surface area contributed by atoms with Gasteiger partial charge in [-0.3, -0.25) is 9.55 Å². The Morgan fingerprint density at radius 3 is 2.58 bits per heavy atom. The maximum absolute atomic E-state index is 6.48. The topological polar surface area (TPSA) is 46.8 Å². The molecule has 5 nitrogen and oxygen atoms in total. The number of hydrogen-bond donors (Lipinski definition) is 0. The van der Waals surface area contributed by atoms with E-state index in [9.17, 15) is 0 Å². The third-order valence-corrected chi connectivity index (χ3v) is 5.66. The Labute approximate surface area is 162 Å². The van der Waals surface area contributed by atoms with Crippen molar-refractivity contribution >= 4 is 29.3 Å².